The zero-order chi connectivity index (χ0) is 20.9. The van der Waals surface area contributed by atoms with Crippen molar-refractivity contribution in [3.63, 3.8) is 0 Å². The fraction of sp³-hybridized carbons (Fsp3) is 0.182. The predicted octanol–water partition coefficient (Wildman–Crippen LogP) is 3.15. The van der Waals surface area contributed by atoms with E-state index >= 15 is 0 Å². The first-order valence-electron chi connectivity index (χ1n) is 9.48. The van der Waals surface area contributed by atoms with Gasteiger partial charge in [-0.1, -0.05) is 42.5 Å². The number of rotatable bonds is 6. The highest BCUT2D eigenvalue weighted by Crippen LogP contribution is 2.28. The van der Waals surface area contributed by atoms with Gasteiger partial charge in [0, 0.05) is 11.6 Å². The van der Waals surface area contributed by atoms with Crippen LogP contribution in [-0.4, -0.2) is 35.5 Å². The summed E-state index contributed by atoms with van der Waals surface area (Å²) < 4.78 is 10.9. The van der Waals surface area contributed by atoms with Crippen LogP contribution in [0.5, 0.6) is 0 Å². The lowest BCUT2D eigenvalue weighted by atomic mass is 10.1. The monoisotopic (exact) mass is 405 g/mol. The summed E-state index contributed by atoms with van der Waals surface area (Å²) in [7, 11) is 0. The highest BCUT2D eigenvalue weighted by Gasteiger charge is 2.24. The van der Waals surface area contributed by atoms with Crippen molar-refractivity contribution in [2.75, 3.05) is 6.61 Å². The van der Waals surface area contributed by atoms with Gasteiger partial charge in [0.05, 0.1) is 17.3 Å². The maximum atomic E-state index is 12.5. The summed E-state index contributed by atoms with van der Waals surface area (Å²) in [5, 5.41) is 4.75. The summed E-state index contributed by atoms with van der Waals surface area (Å²) in [4.78, 5) is 40.2. The van der Waals surface area contributed by atoms with Crippen LogP contribution in [-0.2, 0) is 9.53 Å². The van der Waals surface area contributed by atoms with Crippen molar-refractivity contribution in [1.29, 1.82) is 0 Å². The van der Waals surface area contributed by atoms with Gasteiger partial charge in [-0.2, -0.15) is 0 Å². The summed E-state index contributed by atoms with van der Waals surface area (Å²) in [5.41, 5.74) is 1.50. The molecular weight excluding hydrogens is 386 g/mol. The molecule has 1 saturated carbocycles. The third-order valence-corrected chi connectivity index (χ3v) is 4.44. The Morgan fingerprint density at radius 2 is 1.77 bits per heavy atom. The van der Waals surface area contributed by atoms with Crippen LogP contribution in [0.2, 0.25) is 0 Å². The summed E-state index contributed by atoms with van der Waals surface area (Å²) in [5.74, 6) is -0.603. The van der Waals surface area contributed by atoms with Gasteiger partial charge >= 0.3 is 12.0 Å². The van der Waals surface area contributed by atoms with E-state index in [1.165, 1.54) is 0 Å². The number of aromatic nitrogens is 1. The normalized spacial score (nSPS) is 12.8. The summed E-state index contributed by atoms with van der Waals surface area (Å²) in [6, 6.07) is 15.6. The smallest absolute Gasteiger partial charge is 0.339 e. The van der Waals surface area contributed by atoms with E-state index in [2.05, 4.69) is 15.6 Å². The minimum atomic E-state index is -0.720. The molecule has 4 rings (SSSR count). The minimum Gasteiger partial charge on any atom is -0.452 e. The fourth-order valence-corrected chi connectivity index (χ4v) is 2.80. The number of urea groups is 1. The molecule has 0 radical (unpaired) electrons. The molecule has 2 aromatic carbocycles. The Bertz CT molecular complexity index is 1070. The van der Waals surface area contributed by atoms with Crippen molar-refractivity contribution in [2.24, 2.45) is 0 Å². The summed E-state index contributed by atoms with van der Waals surface area (Å²) in [6.45, 7) is -0.577. The number of nitrogens with zero attached hydrogens (tertiary/aromatic N) is 1. The Kier molecular flexibility index (Phi) is 5.56. The Balaban J connectivity index is 1.42. The topological polar surface area (TPSA) is 111 Å². The molecule has 1 aliphatic rings. The number of hydrogen-bond acceptors (Lipinski definition) is 6. The molecule has 2 N–H and O–H groups in total. The number of hydrogen-bond donors (Lipinski definition) is 2. The van der Waals surface area contributed by atoms with E-state index in [0.717, 1.165) is 18.4 Å². The number of imide groups is 1. The highest BCUT2D eigenvalue weighted by atomic mass is 16.5. The van der Waals surface area contributed by atoms with Gasteiger partial charge in [-0.25, -0.2) is 14.6 Å². The molecule has 0 spiro atoms. The van der Waals surface area contributed by atoms with Gasteiger partial charge in [0.25, 0.3) is 5.91 Å². The van der Waals surface area contributed by atoms with Crippen LogP contribution in [0.25, 0.3) is 22.8 Å². The standard InChI is InChI=1S/C22H19N3O5/c26-19(25-22(28)24-15-10-11-15)13-29-21(27)17-9-5-4-8-16(17)20-23-12-18(30-20)14-6-2-1-3-7-14/h1-9,12,15H,10-11,13H2,(H2,24,25,26,28). The first-order valence-corrected chi connectivity index (χ1v) is 9.48. The number of carbonyl (C=O) groups excluding carboxylic acids is 3. The van der Waals surface area contributed by atoms with Gasteiger partial charge < -0.3 is 14.5 Å². The molecular formula is C22H19N3O5. The van der Waals surface area contributed by atoms with E-state index in [0.29, 0.717) is 11.3 Å². The molecule has 3 amide bonds. The molecule has 0 atom stereocenters. The lowest BCUT2D eigenvalue weighted by Gasteiger charge is -2.08. The van der Waals surface area contributed by atoms with Crippen LogP contribution in [0.3, 0.4) is 0 Å². The molecule has 8 nitrogen and oxygen atoms in total. The van der Waals surface area contributed by atoms with E-state index in [-0.39, 0.29) is 17.5 Å². The number of carbonyl (C=O) groups is 3. The Morgan fingerprint density at radius 3 is 2.53 bits per heavy atom. The van der Waals surface area contributed by atoms with Crippen molar-refractivity contribution in [3.05, 3.63) is 66.4 Å². The molecule has 1 heterocycles. The van der Waals surface area contributed by atoms with Crippen molar-refractivity contribution in [3.8, 4) is 22.8 Å². The predicted molar refractivity (Wildman–Crippen MR) is 107 cm³/mol. The summed E-state index contributed by atoms with van der Waals surface area (Å²) >= 11 is 0. The lowest BCUT2D eigenvalue weighted by Crippen LogP contribution is -2.42. The number of benzene rings is 2. The SMILES string of the molecule is O=C(COC(=O)c1ccccc1-c1ncc(-c2ccccc2)o1)NC(=O)NC1CC1. The van der Waals surface area contributed by atoms with Crippen LogP contribution in [0, 0.1) is 0 Å². The molecule has 0 unspecified atom stereocenters. The molecule has 152 valence electrons. The largest absolute Gasteiger partial charge is 0.452 e. The third kappa shape index (κ3) is 4.72. The lowest BCUT2D eigenvalue weighted by molar-refractivity contribution is -0.123. The van der Waals surface area contributed by atoms with E-state index in [9.17, 15) is 14.4 Å². The number of esters is 1. The second kappa shape index (κ2) is 8.60. The van der Waals surface area contributed by atoms with Crippen molar-refractivity contribution in [2.45, 2.75) is 18.9 Å². The third-order valence-electron chi connectivity index (χ3n) is 4.44. The molecule has 1 fully saturated rings. The van der Waals surface area contributed by atoms with Crippen molar-refractivity contribution in [1.82, 2.24) is 15.6 Å². The van der Waals surface area contributed by atoms with E-state index in [1.807, 2.05) is 30.3 Å². The van der Waals surface area contributed by atoms with Crippen molar-refractivity contribution < 1.29 is 23.5 Å². The highest BCUT2D eigenvalue weighted by molar-refractivity contribution is 5.99. The Morgan fingerprint density at radius 1 is 1.03 bits per heavy atom. The molecule has 30 heavy (non-hydrogen) atoms. The zero-order valence-corrected chi connectivity index (χ0v) is 16.0. The van der Waals surface area contributed by atoms with Crippen molar-refractivity contribution >= 4 is 17.9 Å². The van der Waals surface area contributed by atoms with Gasteiger partial charge in [-0.15, -0.1) is 0 Å². The second-order valence-electron chi connectivity index (χ2n) is 6.81. The van der Waals surface area contributed by atoms with Crippen LogP contribution >= 0.6 is 0 Å². The van der Waals surface area contributed by atoms with Gasteiger partial charge in [0.1, 0.15) is 0 Å². The number of amides is 3. The molecule has 0 aliphatic heterocycles. The molecule has 8 heteroatoms. The second-order valence-corrected chi connectivity index (χ2v) is 6.81. The zero-order valence-electron chi connectivity index (χ0n) is 16.0. The van der Waals surface area contributed by atoms with Gasteiger partial charge in [0.15, 0.2) is 12.4 Å². The van der Waals surface area contributed by atoms with E-state index in [1.54, 1.807) is 30.5 Å². The number of ether oxygens (including phenoxy) is 1. The molecule has 0 bridgehead atoms. The molecule has 0 saturated heterocycles. The van der Waals surface area contributed by atoms with Gasteiger partial charge in [-0.3, -0.25) is 10.1 Å². The van der Waals surface area contributed by atoms with Crippen LogP contribution in [0.1, 0.15) is 23.2 Å². The average Bonchev–Trinajstić information content (AvgIpc) is 3.43. The minimum absolute atomic E-state index is 0.119. The van der Waals surface area contributed by atoms with Gasteiger partial charge in [-0.05, 0) is 25.0 Å². The summed E-state index contributed by atoms with van der Waals surface area (Å²) in [6.07, 6.45) is 3.39. The maximum absolute atomic E-state index is 12.5. The van der Waals surface area contributed by atoms with Crippen LogP contribution in [0.15, 0.2) is 65.2 Å². The maximum Gasteiger partial charge on any atom is 0.339 e. The fourth-order valence-electron chi connectivity index (χ4n) is 2.80. The number of oxazole rings is 1. The Hall–Kier alpha value is -3.94. The molecule has 1 aromatic heterocycles. The average molecular weight is 405 g/mol. The Labute approximate surface area is 172 Å². The van der Waals surface area contributed by atoms with Crippen LogP contribution in [0.4, 0.5) is 4.79 Å². The van der Waals surface area contributed by atoms with E-state index < -0.39 is 24.5 Å². The molecule has 1 aliphatic carbocycles. The molecule has 3 aromatic rings. The van der Waals surface area contributed by atoms with Gasteiger partial charge in [0.2, 0.25) is 5.89 Å². The first-order chi connectivity index (χ1) is 14.6. The first kappa shape index (κ1) is 19.4. The van der Waals surface area contributed by atoms with Crippen LogP contribution < -0.4 is 10.6 Å². The van der Waals surface area contributed by atoms with E-state index in [4.69, 9.17) is 9.15 Å². The quantitative estimate of drug-likeness (QED) is 0.610. The number of nitrogens with one attached hydrogen (secondary N) is 2.